The monoisotopic (exact) mass is 363 g/mol. The Labute approximate surface area is 150 Å². The summed E-state index contributed by atoms with van der Waals surface area (Å²) >= 11 is 1.48. The predicted molar refractivity (Wildman–Crippen MR) is 94.9 cm³/mol. The first-order valence-corrected chi connectivity index (χ1v) is 8.66. The lowest BCUT2D eigenvalue weighted by Crippen LogP contribution is -2.30. The number of methoxy groups -OCH3 is 2. The highest BCUT2D eigenvalue weighted by Crippen LogP contribution is 2.22. The summed E-state index contributed by atoms with van der Waals surface area (Å²) in [7, 11) is 2.93. The van der Waals surface area contributed by atoms with Crippen LogP contribution in [0.25, 0.3) is 0 Å². The van der Waals surface area contributed by atoms with Crippen LogP contribution in [0.1, 0.15) is 23.8 Å². The van der Waals surface area contributed by atoms with Crippen molar-refractivity contribution >= 4 is 23.2 Å². The highest BCUT2D eigenvalue weighted by atomic mass is 32.1. The summed E-state index contributed by atoms with van der Waals surface area (Å²) in [5.41, 5.74) is 0. The number of amides is 1. The molecule has 0 saturated heterocycles. The van der Waals surface area contributed by atoms with Crippen LogP contribution in [0.5, 0.6) is 11.5 Å². The third-order valence-electron chi connectivity index (χ3n) is 3.48. The molecule has 0 aliphatic rings. The van der Waals surface area contributed by atoms with Gasteiger partial charge in [0.25, 0.3) is 0 Å². The minimum atomic E-state index is -0.388. The Kier molecular flexibility index (Phi) is 7.28. The van der Waals surface area contributed by atoms with Gasteiger partial charge in [-0.15, -0.1) is 11.3 Å². The van der Waals surface area contributed by atoms with Crippen LogP contribution >= 0.6 is 11.3 Å². The molecule has 0 saturated carbocycles. The van der Waals surface area contributed by atoms with E-state index in [1.54, 1.807) is 31.4 Å². The second kappa shape index (κ2) is 9.68. The molecule has 1 aromatic carbocycles. The van der Waals surface area contributed by atoms with Crippen LogP contribution in [0.2, 0.25) is 0 Å². The van der Waals surface area contributed by atoms with E-state index in [-0.39, 0.29) is 37.4 Å². The molecule has 2 rings (SSSR count). The molecule has 0 radical (unpaired) electrons. The van der Waals surface area contributed by atoms with Crippen LogP contribution in [0.4, 0.5) is 0 Å². The van der Waals surface area contributed by atoms with E-state index in [0.717, 1.165) is 10.6 Å². The average Bonchev–Trinajstić information content (AvgIpc) is 3.16. The number of nitrogens with one attached hydrogen (secondary N) is 1. The summed E-state index contributed by atoms with van der Waals surface area (Å²) in [6.07, 6.45) is 0.289. The lowest BCUT2D eigenvalue weighted by molar-refractivity contribution is -0.141. The van der Waals surface area contributed by atoms with Crippen molar-refractivity contribution in [3.05, 3.63) is 46.7 Å². The molecule has 0 unspecified atom stereocenters. The fourth-order valence-corrected chi connectivity index (χ4v) is 2.94. The van der Waals surface area contributed by atoms with Gasteiger partial charge >= 0.3 is 5.97 Å². The van der Waals surface area contributed by atoms with Crippen molar-refractivity contribution in [1.29, 1.82) is 0 Å². The van der Waals surface area contributed by atoms with E-state index in [2.05, 4.69) is 5.32 Å². The van der Waals surface area contributed by atoms with Gasteiger partial charge in [-0.3, -0.25) is 9.59 Å². The van der Waals surface area contributed by atoms with E-state index < -0.39 is 0 Å². The largest absolute Gasteiger partial charge is 0.497 e. The van der Waals surface area contributed by atoms with Gasteiger partial charge in [0, 0.05) is 4.88 Å². The van der Waals surface area contributed by atoms with Gasteiger partial charge in [-0.05, 0) is 35.7 Å². The summed E-state index contributed by atoms with van der Waals surface area (Å²) in [6, 6.07) is 10.5. The number of hydrogen-bond donors (Lipinski definition) is 1. The Morgan fingerprint density at radius 1 is 1.12 bits per heavy atom. The molecule has 0 aliphatic heterocycles. The van der Waals surface area contributed by atoms with E-state index in [1.807, 2.05) is 17.5 Å². The first kappa shape index (κ1) is 18.8. The van der Waals surface area contributed by atoms with Crippen LogP contribution in [-0.4, -0.2) is 32.7 Å². The minimum Gasteiger partial charge on any atom is -0.497 e. The van der Waals surface area contributed by atoms with E-state index in [9.17, 15) is 9.59 Å². The number of carbonyl (C=O) groups is 2. The second-order valence-electron chi connectivity index (χ2n) is 5.19. The molecule has 0 spiro atoms. The third-order valence-corrected chi connectivity index (χ3v) is 4.46. The lowest BCUT2D eigenvalue weighted by atomic mass is 10.1. The zero-order chi connectivity index (χ0) is 18.1. The van der Waals surface area contributed by atoms with Crippen LogP contribution in [0, 0.1) is 0 Å². The molecule has 1 N–H and O–H groups in total. The van der Waals surface area contributed by atoms with E-state index in [4.69, 9.17) is 14.2 Å². The maximum Gasteiger partial charge on any atom is 0.307 e. The molecule has 134 valence electrons. The van der Waals surface area contributed by atoms with Crippen molar-refractivity contribution in [2.24, 2.45) is 0 Å². The number of thiophene rings is 1. The van der Waals surface area contributed by atoms with Crippen LogP contribution in [-0.2, 0) is 14.3 Å². The Bertz CT molecular complexity index is 669. The molecule has 2 aromatic rings. The van der Waals surface area contributed by atoms with Gasteiger partial charge in [-0.25, -0.2) is 0 Å². The standard InChI is InChI=1S/C18H21NO5S/c1-22-13-5-7-14(8-6-13)24-10-9-17(20)19-15(12-18(21)23-2)16-4-3-11-25-16/h3-8,11,15H,9-10,12H2,1-2H3,(H,19,20)/t15-/m1/s1. The van der Waals surface area contributed by atoms with E-state index in [1.165, 1.54) is 18.4 Å². The first-order valence-electron chi connectivity index (χ1n) is 7.79. The maximum atomic E-state index is 12.2. The zero-order valence-electron chi connectivity index (χ0n) is 14.2. The summed E-state index contributed by atoms with van der Waals surface area (Å²) in [4.78, 5) is 24.6. The van der Waals surface area contributed by atoms with E-state index in [0.29, 0.717) is 5.75 Å². The number of benzene rings is 1. The molecule has 25 heavy (non-hydrogen) atoms. The number of esters is 1. The molecule has 0 fully saturated rings. The number of hydrogen-bond acceptors (Lipinski definition) is 6. The van der Waals surface area contributed by atoms with Gasteiger partial charge < -0.3 is 19.5 Å². The molecule has 1 atom stereocenters. The maximum absolute atomic E-state index is 12.2. The summed E-state index contributed by atoms with van der Waals surface area (Å²) in [6.45, 7) is 0.244. The van der Waals surface area contributed by atoms with Gasteiger partial charge in [0.15, 0.2) is 0 Å². The average molecular weight is 363 g/mol. The Hall–Kier alpha value is -2.54. The number of ether oxygens (including phenoxy) is 3. The van der Waals surface area contributed by atoms with E-state index >= 15 is 0 Å². The van der Waals surface area contributed by atoms with Crippen LogP contribution in [0.15, 0.2) is 41.8 Å². The first-order chi connectivity index (χ1) is 12.1. The number of carbonyl (C=O) groups excluding carboxylic acids is 2. The minimum absolute atomic E-state index is 0.0993. The smallest absolute Gasteiger partial charge is 0.307 e. The fraction of sp³-hybridized carbons (Fsp3) is 0.333. The Balaban J connectivity index is 1.82. The van der Waals surface area contributed by atoms with Gasteiger partial charge in [-0.1, -0.05) is 6.07 Å². The molecular weight excluding hydrogens is 342 g/mol. The van der Waals surface area contributed by atoms with Crippen molar-refractivity contribution in [3.63, 3.8) is 0 Å². The second-order valence-corrected chi connectivity index (χ2v) is 6.17. The van der Waals surface area contributed by atoms with Gasteiger partial charge in [-0.2, -0.15) is 0 Å². The SMILES string of the molecule is COC(=O)C[C@@H](NC(=O)CCOc1ccc(OC)cc1)c1cccs1. The topological polar surface area (TPSA) is 73.9 Å². The summed E-state index contributed by atoms with van der Waals surface area (Å²) in [5.74, 6) is 0.855. The Morgan fingerprint density at radius 3 is 2.44 bits per heavy atom. The lowest BCUT2D eigenvalue weighted by Gasteiger charge is -2.16. The van der Waals surface area contributed by atoms with Crippen molar-refractivity contribution in [2.45, 2.75) is 18.9 Å². The molecule has 0 bridgehead atoms. The summed E-state index contributed by atoms with van der Waals surface area (Å²) in [5, 5.41) is 4.76. The number of rotatable bonds is 9. The van der Waals surface area contributed by atoms with Crippen molar-refractivity contribution in [3.8, 4) is 11.5 Å². The van der Waals surface area contributed by atoms with Crippen LogP contribution < -0.4 is 14.8 Å². The fourth-order valence-electron chi connectivity index (χ4n) is 2.16. The van der Waals surface area contributed by atoms with Crippen LogP contribution in [0.3, 0.4) is 0 Å². The molecule has 1 amide bonds. The predicted octanol–water partition coefficient (Wildman–Crippen LogP) is 2.95. The van der Waals surface area contributed by atoms with Crippen molar-refractivity contribution in [1.82, 2.24) is 5.32 Å². The quantitative estimate of drug-likeness (QED) is 0.694. The molecule has 7 heteroatoms. The normalized spacial score (nSPS) is 11.4. The van der Waals surface area contributed by atoms with Gasteiger partial charge in [0.05, 0.1) is 39.7 Å². The molecule has 1 aromatic heterocycles. The third kappa shape index (κ3) is 6.11. The van der Waals surface area contributed by atoms with Gasteiger partial charge in [0.1, 0.15) is 11.5 Å². The zero-order valence-corrected chi connectivity index (χ0v) is 15.0. The summed E-state index contributed by atoms with van der Waals surface area (Å²) < 4.78 is 15.3. The Morgan fingerprint density at radius 2 is 1.84 bits per heavy atom. The highest BCUT2D eigenvalue weighted by molar-refractivity contribution is 7.10. The molecule has 1 heterocycles. The molecule has 6 nitrogen and oxygen atoms in total. The molecular formula is C18H21NO5S. The van der Waals surface area contributed by atoms with Crippen molar-refractivity contribution < 1.29 is 23.8 Å². The highest BCUT2D eigenvalue weighted by Gasteiger charge is 2.19. The van der Waals surface area contributed by atoms with Crippen molar-refractivity contribution in [2.75, 3.05) is 20.8 Å². The molecule has 0 aliphatic carbocycles. The van der Waals surface area contributed by atoms with Gasteiger partial charge in [0.2, 0.25) is 5.91 Å².